The van der Waals surface area contributed by atoms with Crippen LogP contribution in [0.3, 0.4) is 0 Å². The second-order valence-electron chi connectivity index (χ2n) is 10.7. The summed E-state index contributed by atoms with van der Waals surface area (Å²) in [5.41, 5.74) is 5.53. The molecule has 0 aromatic rings. The molecule has 1 heteroatoms. The summed E-state index contributed by atoms with van der Waals surface area (Å²) in [6.45, 7) is 3.17. The fourth-order valence-corrected chi connectivity index (χ4v) is 4.87. The largest absolute Gasteiger partial charge is 0.330 e. The molecule has 0 aliphatic heterocycles. The summed E-state index contributed by atoms with van der Waals surface area (Å²) in [7, 11) is 0. The molecule has 0 atom stereocenters. The van der Waals surface area contributed by atoms with E-state index in [0.29, 0.717) is 0 Å². The third-order valence-electron chi connectivity index (χ3n) is 7.22. The highest BCUT2D eigenvalue weighted by molar-refractivity contribution is 4.81. The van der Waals surface area contributed by atoms with Crippen molar-refractivity contribution in [1.29, 1.82) is 0 Å². The molecule has 0 aromatic heterocycles. The summed E-state index contributed by atoms with van der Waals surface area (Å²) in [5, 5.41) is 0. The third kappa shape index (κ3) is 31.7. The Kier molecular flexibility index (Phi) is 31.4. The van der Waals surface area contributed by atoms with Crippen molar-refractivity contribution in [2.75, 3.05) is 6.54 Å². The fourth-order valence-electron chi connectivity index (χ4n) is 4.87. The van der Waals surface area contributed by atoms with Crippen LogP contribution in [0.15, 0.2) is 12.2 Å². The second-order valence-corrected chi connectivity index (χ2v) is 10.7. The predicted molar refractivity (Wildman–Crippen MR) is 153 cm³/mol. The second kappa shape index (κ2) is 31.7. The van der Waals surface area contributed by atoms with Gasteiger partial charge in [0.2, 0.25) is 0 Å². The maximum absolute atomic E-state index is 5.53. The van der Waals surface area contributed by atoms with Crippen LogP contribution in [-0.2, 0) is 0 Å². The Bertz CT molecular complexity index is 348. The molecule has 0 fully saturated rings. The van der Waals surface area contributed by atoms with Crippen molar-refractivity contribution < 1.29 is 0 Å². The van der Waals surface area contributed by atoms with Gasteiger partial charge in [0.15, 0.2) is 0 Å². The van der Waals surface area contributed by atoms with Gasteiger partial charge in [0, 0.05) is 0 Å². The quantitative estimate of drug-likeness (QED) is 0.0865. The van der Waals surface area contributed by atoms with E-state index in [1.165, 1.54) is 180 Å². The minimum absolute atomic E-state index is 0.863. The lowest BCUT2D eigenvalue weighted by Gasteiger charge is -2.04. The van der Waals surface area contributed by atoms with Crippen LogP contribution in [0.25, 0.3) is 0 Å². The molecule has 2 N–H and O–H groups in total. The molecule has 0 unspecified atom stereocenters. The van der Waals surface area contributed by atoms with Crippen molar-refractivity contribution in [3.63, 3.8) is 0 Å². The first-order valence-corrected chi connectivity index (χ1v) is 15.8. The average molecular weight is 464 g/mol. The Morgan fingerprint density at radius 1 is 0.333 bits per heavy atom. The van der Waals surface area contributed by atoms with Gasteiger partial charge in [0.1, 0.15) is 0 Å². The van der Waals surface area contributed by atoms with Crippen molar-refractivity contribution in [2.45, 2.75) is 187 Å². The van der Waals surface area contributed by atoms with Crippen LogP contribution in [-0.4, -0.2) is 6.54 Å². The van der Waals surface area contributed by atoms with E-state index in [1.807, 2.05) is 0 Å². The molecule has 0 saturated carbocycles. The first-order valence-electron chi connectivity index (χ1n) is 15.8. The van der Waals surface area contributed by atoms with Crippen molar-refractivity contribution >= 4 is 0 Å². The molecule has 0 heterocycles. The third-order valence-corrected chi connectivity index (χ3v) is 7.22. The molecule has 0 rings (SSSR count). The molecule has 0 saturated heterocycles. The molecule has 33 heavy (non-hydrogen) atoms. The van der Waals surface area contributed by atoms with Gasteiger partial charge in [0.05, 0.1) is 0 Å². The Hall–Kier alpha value is -0.300. The summed E-state index contributed by atoms with van der Waals surface area (Å²) in [5.74, 6) is 0. The van der Waals surface area contributed by atoms with Gasteiger partial charge < -0.3 is 5.73 Å². The predicted octanol–water partition coefficient (Wildman–Crippen LogP) is 11.4. The van der Waals surface area contributed by atoms with Gasteiger partial charge in [-0.3, -0.25) is 0 Å². The van der Waals surface area contributed by atoms with E-state index in [4.69, 9.17) is 5.73 Å². The molecule has 0 amide bonds. The molecular formula is C32H65N. The topological polar surface area (TPSA) is 26.0 Å². The highest BCUT2D eigenvalue weighted by atomic mass is 14.5. The van der Waals surface area contributed by atoms with Crippen molar-refractivity contribution in [2.24, 2.45) is 5.73 Å². The Balaban J connectivity index is 3.05. The zero-order chi connectivity index (χ0) is 23.9. The number of allylic oxidation sites excluding steroid dienone is 2. The van der Waals surface area contributed by atoms with Crippen LogP contribution in [0.2, 0.25) is 0 Å². The van der Waals surface area contributed by atoms with Crippen molar-refractivity contribution in [3.8, 4) is 0 Å². The van der Waals surface area contributed by atoms with Gasteiger partial charge >= 0.3 is 0 Å². The Labute approximate surface area is 211 Å². The van der Waals surface area contributed by atoms with E-state index >= 15 is 0 Å². The summed E-state index contributed by atoms with van der Waals surface area (Å²) < 4.78 is 0. The van der Waals surface area contributed by atoms with Gasteiger partial charge in [-0.05, 0) is 38.6 Å². The van der Waals surface area contributed by atoms with Crippen LogP contribution in [0.1, 0.15) is 187 Å². The van der Waals surface area contributed by atoms with E-state index in [1.54, 1.807) is 0 Å². The maximum atomic E-state index is 5.53. The van der Waals surface area contributed by atoms with E-state index in [0.717, 1.165) is 6.54 Å². The van der Waals surface area contributed by atoms with Crippen LogP contribution in [0.5, 0.6) is 0 Å². The molecule has 198 valence electrons. The van der Waals surface area contributed by atoms with Crippen LogP contribution in [0.4, 0.5) is 0 Å². The highest BCUT2D eigenvalue weighted by Gasteiger charge is 1.95. The summed E-state index contributed by atoms with van der Waals surface area (Å²) in [6.07, 6.45) is 44.8. The zero-order valence-corrected chi connectivity index (χ0v) is 23.2. The lowest BCUT2D eigenvalue weighted by Crippen LogP contribution is -1.97. The van der Waals surface area contributed by atoms with Crippen molar-refractivity contribution in [1.82, 2.24) is 0 Å². The smallest absolute Gasteiger partial charge is 0.00773 e. The normalized spacial score (nSPS) is 11.7. The first-order chi connectivity index (χ1) is 16.4. The van der Waals surface area contributed by atoms with Gasteiger partial charge in [0.25, 0.3) is 0 Å². The van der Waals surface area contributed by atoms with E-state index < -0.39 is 0 Å². The number of hydrogen-bond acceptors (Lipinski definition) is 1. The molecule has 0 radical (unpaired) electrons. The Morgan fingerprint density at radius 3 is 0.848 bits per heavy atom. The number of unbranched alkanes of at least 4 members (excludes halogenated alkanes) is 26. The van der Waals surface area contributed by atoms with Gasteiger partial charge in [-0.15, -0.1) is 0 Å². The van der Waals surface area contributed by atoms with Gasteiger partial charge in [-0.1, -0.05) is 167 Å². The van der Waals surface area contributed by atoms with E-state index in [2.05, 4.69) is 19.1 Å². The first kappa shape index (κ1) is 32.7. The van der Waals surface area contributed by atoms with Crippen molar-refractivity contribution in [3.05, 3.63) is 12.2 Å². The SMILES string of the molecule is CCCCCCCCCCCCCCCCCCCCCC/C=C\CCCCCCCCN. The summed E-state index contributed by atoms with van der Waals surface area (Å²) in [4.78, 5) is 0. The van der Waals surface area contributed by atoms with Gasteiger partial charge in [-0.2, -0.15) is 0 Å². The number of hydrogen-bond donors (Lipinski definition) is 1. The summed E-state index contributed by atoms with van der Waals surface area (Å²) in [6, 6.07) is 0. The molecule has 0 aliphatic rings. The van der Waals surface area contributed by atoms with E-state index in [-0.39, 0.29) is 0 Å². The summed E-state index contributed by atoms with van der Waals surface area (Å²) >= 11 is 0. The molecule has 0 bridgehead atoms. The van der Waals surface area contributed by atoms with Crippen LogP contribution < -0.4 is 5.73 Å². The lowest BCUT2D eigenvalue weighted by atomic mass is 10.0. The standard InChI is InChI=1S/C32H65N/c1-2-3-4-5-6-7-8-9-10-11-12-13-14-15-16-17-18-19-20-21-22-23-24-25-26-27-28-29-30-31-32-33/h23-24H,2-22,25-33H2,1H3/b24-23-. The van der Waals surface area contributed by atoms with Gasteiger partial charge in [-0.25, -0.2) is 0 Å². The zero-order valence-electron chi connectivity index (χ0n) is 23.2. The monoisotopic (exact) mass is 464 g/mol. The lowest BCUT2D eigenvalue weighted by molar-refractivity contribution is 0.522. The van der Waals surface area contributed by atoms with Crippen LogP contribution in [0, 0.1) is 0 Å². The van der Waals surface area contributed by atoms with E-state index in [9.17, 15) is 0 Å². The highest BCUT2D eigenvalue weighted by Crippen LogP contribution is 2.15. The average Bonchev–Trinajstić information content (AvgIpc) is 2.83. The number of rotatable bonds is 29. The molecule has 0 spiro atoms. The minimum Gasteiger partial charge on any atom is -0.330 e. The van der Waals surface area contributed by atoms with Crippen LogP contribution >= 0.6 is 0 Å². The molecule has 1 nitrogen and oxygen atoms in total. The minimum atomic E-state index is 0.863. The Morgan fingerprint density at radius 2 is 0.576 bits per heavy atom. The molecule has 0 aromatic carbocycles. The molecule has 0 aliphatic carbocycles. The number of nitrogens with two attached hydrogens (primary N) is 1. The maximum Gasteiger partial charge on any atom is -0.00773 e. The fraction of sp³-hybridized carbons (Fsp3) is 0.938. The molecular weight excluding hydrogens is 398 g/mol.